The Labute approximate surface area is 152 Å². The number of urea groups is 1. The number of rotatable bonds is 4. The minimum Gasteiger partial charge on any atom is -0.274 e. The van der Waals surface area contributed by atoms with Crippen LogP contribution in [0.4, 0.5) is 4.79 Å². The van der Waals surface area contributed by atoms with Crippen LogP contribution in [0.5, 0.6) is 0 Å². The summed E-state index contributed by atoms with van der Waals surface area (Å²) in [6.45, 7) is 2.36. The summed E-state index contributed by atoms with van der Waals surface area (Å²) < 4.78 is 0. The average molecular weight is 363 g/mol. The van der Waals surface area contributed by atoms with Crippen LogP contribution in [0.3, 0.4) is 0 Å². The summed E-state index contributed by atoms with van der Waals surface area (Å²) >= 11 is 5.88. The van der Waals surface area contributed by atoms with Crippen molar-refractivity contribution in [2.24, 2.45) is 5.92 Å². The quantitative estimate of drug-likeness (QED) is 0.768. The van der Waals surface area contributed by atoms with Gasteiger partial charge in [0.25, 0.3) is 0 Å². The monoisotopic (exact) mass is 362 g/mol. The van der Waals surface area contributed by atoms with Crippen LogP contribution in [-0.4, -0.2) is 40.2 Å². The van der Waals surface area contributed by atoms with Gasteiger partial charge in [0.05, 0.1) is 0 Å². The summed E-state index contributed by atoms with van der Waals surface area (Å²) in [6, 6.07) is 6.81. The summed E-state index contributed by atoms with van der Waals surface area (Å²) in [5, 5.41) is 0.650. The van der Waals surface area contributed by atoms with E-state index < -0.39 is 11.9 Å². The summed E-state index contributed by atoms with van der Waals surface area (Å²) in [5.74, 6) is -0.465. The van der Waals surface area contributed by atoms with Crippen molar-refractivity contribution in [1.82, 2.24) is 9.80 Å². The first-order valence-electron chi connectivity index (χ1n) is 8.88. The fraction of sp³-hybridized carbons (Fsp3) is 0.526. The van der Waals surface area contributed by atoms with E-state index >= 15 is 0 Å². The molecule has 1 aliphatic carbocycles. The number of nitrogens with zero attached hydrogens (tertiary/aromatic N) is 2. The predicted octanol–water partition coefficient (Wildman–Crippen LogP) is 3.64. The molecule has 6 heteroatoms. The van der Waals surface area contributed by atoms with Crippen molar-refractivity contribution in [3.8, 4) is 0 Å². The molecule has 0 aromatic heterocycles. The Morgan fingerprint density at radius 1 is 1.04 bits per heavy atom. The van der Waals surface area contributed by atoms with Crippen molar-refractivity contribution in [2.45, 2.75) is 51.5 Å². The second kappa shape index (κ2) is 7.56. The van der Waals surface area contributed by atoms with Gasteiger partial charge in [-0.25, -0.2) is 4.79 Å². The lowest BCUT2D eigenvalue weighted by molar-refractivity contribution is -0.145. The molecular weight excluding hydrogens is 340 g/mol. The molecule has 2 atom stereocenters. The number of hydrogen-bond acceptors (Lipinski definition) is 3. The molecule has 134 valence electrons. The third-order valence-corrected chi connectivity index (χ3v) is 5.50. The Morgan fingerprint density at radius 3 is 2.40 bits per heavy atom. The minimum absolute atomic E-state index is 0.0834. The number of imide groups is 2. The first kappa shape index (κ1) is 17.9. The molecule has 0 N–H and O–H groups in total. The maximum atomic E-state index is 12.9. The van der Waals surface area contributed by atoms with Crippen LogP contribution in [0.25, 0.3) is 0 Å². The molecule has 1 heterocycles. The van der Waals surface area contributed by atoms with Gasteiger partial charge in [-0.05, 0) is 42.9 Å². The van der Waals surface area contributed by atoms with Crippen LogP contribution in [0, 0.1) is 5.92 Å². The number of benzene rings is 1. The Hall–Kier alpha value is -1.88. The van der Waals surface area contributed by atoms with E-state index in [1.165, 1.54) is 9.80 Å². The highest BCUT2D eigenvalue weighted by atomic mass is 35.5. The first-order chi connectivity index (χ1) is 12.0. The lowest BCUT2D eigenvalue weighted by Crippen LogP contribution is -2.60. The zero-order valence-corrected chi connectivity index (χ0v) is 15.2. The summed E-state index contributed by atoms with van der Waals surface area (Å²) in [4.78, 5) is 40.0. The molecule has 0 bridgehead atoms. The van der Waals surface area contributed by atoms with Crippen LogP contribution in [0.15, 0.2) is 24.3 Å². The lowest BCUT2D eigenvalue weighted by atomic mass is 9.84. The van der Waals surface area contributed by atoms with Crippen LogP contribution in [-0.2, 0) is 16.0 Å². The minimum atomic E-state index is -0.450. The molecule has 3 rings (SSSR count). The first-order valence-corrected chi connectivity index (χ1v) is 9.26. The highest BCUT2D eigenvalue weighted by Crippen LogP contribution is 2.31. The molecule has 0 radical (unpaired) electrons. The molecule has 1 aliphatic heterocycles. The van der Waals surface area contributed by atoms with Crippen LogP contribution >= 0.6 is 11.6 Å². The molecule has 4 amide bonds. The van der Waals surface area contributed by atoms with E-state index in [0.717, 1.165) is 31.2 Å². The van der Waals surface area contributed by atoms with Gasteiger partial charge in [0.2, 0.25) is 11.8 Å². The van der Waals surface area contributed by atoms with Crippen LogP contribution in [0.2, 0.25) is 5.02 Å². The molecule has 1 saturated heterocycles. The van der Waals surface area contributed by atoms with Gasteiger partial charge in [0.1, 0.15) is 6.42 Å². The number of amides is 4. The van der Waals surface area contributed by atoms with E-state index in [1.54, 1.807) is 12.1 Å². The van der Waals surface area contributed by atoms with E-state index in [0.29, 0.717) is 11.4 Å². The van der Waals surface area contributed by atoms with Gasteiger partial charge in [0.15, 0.2) is 0 Å². The smallest absolute Gasteiger partial charge is 0.274 e. The second-order valence-electron chi connectivity index (χ2n) is 6.97. The summed E-state index contributed by atoms with van der Waals surface area (Å²) in [6.07, 6.45) is 4.34. The Bertz CT molecular complexity index is 674. The van der Waals surface area contributed by atoms with E-state index in [1.807, 2.05) is 12.1 Å². The van der Waals surface area contributed by atoms with Gasteiger partial charge in [-0.1, -0.05) is 43.5 Å². The number of halogens is 1. The maximum absolute atomic E-state index is 12.9. The standard InChI is InChI=1S/C19H23ClN2O3/c1-13-4-2-3-5-16(13)22-18(24)12-17(23)21(19(22)25)11-10-14-6-8-15(20)9-7-14/h6-9,13,16H,2-5,10-12H2,1H3/t13-,16+/m0/s1. The molecular formula is C19H23ClN2O3. The highest BCUT2D eigenvalue weighted by molar-refractivity contribution is 6.30. The molecule has 2 aliphatic rings. The summed E-state index contributed by atoms with van der Waals surface area (Å²) in [5.41, 5.74) is 1.000. The molecule has 1 saturated carbocycles. The molecule has 1 aromatic rings. The van der Waals surface area contributed by atoms with Crippen LogP contribution < -0.4 is 0 Å². The normalized spacial score (nSPS) is 24.8. The Kier molecular flexibility index (Phi) is 5.42. The average Bonchev–Trinajstić information content (AvgIpc) is 2.57. The molecule has 25 heavy (non-hydrogen) atoms. The molecule has 5 nitrogen and oxygen atoms in total. The molecule has 0 spiro atoms. The number of carbonyl (C=O) groups excluding carboxylic acids is 3. The van der Waals surface area contributed by atoms with E-state index in [4.69, 9.17) is 11.6 Å². The number of barbiturate groups is 1. The largest absolute Gasteiger partial charge is 0.333 e. The van der Waals surface area contributed by atoms with Crippen molar-refractivity contribution in [3.05, 3.63) is 34.9 Å². The number of hydrogen-bond donors (Lipinski definition) is 0. The third-order valence-electron chi connectivity index (χ3n) is 5.24. The van der Waals surface area contributed by atoms with Crippen molar-refractivity contribution in [1.29, 1.82) is 0 Å². The Morgan fingerprint density at radius 2 is 1.72 bits per heavy atom. The van der Waals surface area contributed by atoms with Crippen molar-refractivity contribution in [2.75, 3.05) is 6.54 Å². The van der Waals surface area contributed by atoms with Crippen molar-refractivity contribution < 1.29 is 14.4 Å². The third kappa shape index (κ3) is 3.87. The van der Waals surface area contributed by atoms with Gasteiger partial charge in [-0.3, -0.25) is 19.4 Å². The molecule has 2 fully saturated rings. The lowest BCUT2D eigenvalue weighted by Gasteiger charge is -2.41. The maximum Gasteiger partial charge on any atom is 0.333 e. The number of carbonyl (C=O) groups is 3. The van der Waals surface area contributed by atoms with E-state index in [-0.39, 0.29) is 30.8 Å². The predicted molar refractivity (Wildman–Crippen MR) is 95.1 cm³/mol. The van der Waals surface area contributed by atoms with Gasteiger partial charge >= 0.3 is 6.03 Å². The van der Waals surface area contributed by atoms with Crippen molar-refractivity contribution >= 4 is 29.4 Å². The zero-order valence-electron chi connectivity index (χ0n) is 14.4. The fourth-order valence-electron chi connectivity index (χ4n) is 3.77. The zero-order chi connectivity index (χ0) is 18.0. The second-order valence-corrected chi connectivity index (χ2v) is 7.41. The van der Waals surface area contributed by atoms with Gasteiger partial charge in [-0.2, -0.15) is 0 Å². The van der Waals surface area contributed by atoms with E-state index in [2.05, 4.69) is 6.92 Å². The van der Waals surface area contributed by atoms with Gasteiger partial charge in [-0.15, -0.1) is 0 Å². The topological polar surface area (TPSA) is 57.7 Å². The Balaban J connectivity index is 1.72. The SMILES string of the molecule is C[C@H]1CCCC[C@H]1N1C(=O)CC(=O)N(CCc2ccc(Cl)cc2)C1=O. The molecule has 1 aromatic carbocycles. The summed E-state index contributed by atoms with van der Waals surface area (Å²) in [7, 11) is 0. The van der Waals surface area contributed by atoms with Gasteiger partial charge < -0.3 is 0 Å². The van der Waals surface area contributed by atoms with E-state index in [9.17, 15) is 14.4 Å². The fourth-order valence-corrected chi connectivity index (χ4v) is 3.90. The van der Waals surface area contributed by atoms with Gasteiger partial charge in [0, 0.05) is 17.6 Å². The van der Waals surface area contributed by atoms with Crippen molar-refractivity contribution in [3.63, 3.8) is 0 Å². The molecule has 0 unspecified atom stereocenters. The van der Waals surface area contributed by atoms with Crippen LogP contribution in [0.1, 0.15) is 44.6 Å². The highest BCUT2D eigenvalue weighted by Gasteiger charge is 2.43.